The van der Waals surface area contributed by atoms with Gasteiger partial charge in [-0.3, -0.25) is 9.59 Å². The molecule has 12 heteroatoms. The van der Waals surface area contributed by atoms with Gasteiger partial charge in [0.25, 0.3) is 0 Å². The van der Waals surface area contributed by atoms with Gasteiger partial charge in [-0.1, -0.05) is 58.9 Å². The smallest absolute Gasteiger partial charge is 0.407 e. The first-order valence-corrected chi connectivity index (χ1v) is 19.2. The number of amides is 3. The second-order valence-electron chi connectivity index (χ2n) is 15.1. The van der Waals surface area contributed by atoms with E-state index in [9.17, 15) is 14.4 Å². The number of methoxy groups -OCH3 is 1. The summed E-state index contributed by atoms with van der Waals surface area (Å²) < 4.78 is 11.0. The number of alkyl carbamates (subject to hydrolysis) is 1. The molecule has 1 aliphatic rings. The third-order valence-corrected chi connectivity index (χ3v) is 9.98. The van der Waals surface area contributed by atoms with Crippen LogP contribution in [0, 0.1) is 11.8 Å². The van der Waals surface area contributed by atoms with Crippen LogP contribution >= 0.6 is 0 Å². The molecule has 1 fully saturated rings. The van der Waals surface area contributed by atoms with Crippen LogP contribution in [0.3, 0.4) is 0 Å². The van der Waals surface area contributed by atoms with Gasteiger partial charge in [0.15, 0.2) is 0 Å². The number of nitrogens with zero attached hydrogens (tertiary/aromatic N) is 4. The molecule has 2 aromatic carbocycles. The number of likely N-dealkylation sites (tertiary alicyclic amines) is 1. The Bertz CT molecular complexity index is 2040. The van der Waals surface area contributed by atoms with Crippen molar-refractivity contribution in [3.63, 3.8) is 0 Å². The summed E-state index contributed by atoms with van der Waals surface area (Å²) in [6, 6.07) is 15.5. The molecule has 0 saturated carbocycles. The number of carbonyl (C=O) groups excluding carboxylic acids is 3. The van der Waals surface area contributed by atoms with Crippen LogP contribution in [0.2, 0.25) is 0 Å². The van der Waals surface area contributed by atoms with Gasteiger partial charge in [0.1, 0.15) is 29.0 Å². The molecule has 6 rings (SSSR count). The number of nitrogens with one attached hydrogen (secondary N) is 3. The number of aromatic amines is 2. The fourth-order valence-electron chi connectivity index (χ4n) is 7.15. The molecular weight excluding hydrogens is 683 g/mol. The van der Waals surface area contributed by atoms with Gasteiger partial charge >= 0.3 is 6.09 Å². The maximum Gasteiger partial charge on any atom is 0.407 e. The molecule has 0 radical (unpaired) electrons. The Hall–Kier alpha value is -5.39. The Morgan fingerprint density at radius 2 is 1.69 bits per heavy atom. The number of carbonyl (C=O) groups is 3. The molecule has 3 amide bonds. The van der Waals surface area contributed by atoms with Gasteiger partial charge in [-0.2, -0.15) is 0 Å². The zero-order valence-corrected chi connectivity index (χ0v) is 32.3. The first-order chi connectivity index (χ1) is 26.0. The normalized spacial score (nSPS) is 15.0. The van der Waals surface area contributed by atoms with E-state index in [0.717, 1.165) is 82.9 Å². The topological polar surface area (TPSA) is 149 Å². The molecule has 2 atom stereocenters. The molecule has 0 spiro atoms. The number of H-pyrrole nitrogens is 2. The van der Waals surface area contributed by atoms with Crippen LogP contribution in [0.1, 0.15) is 90.8 Å². The highest BCUT2D eigenvalue weighted by molar-refractivity contribution is 5.87. The predicted molar refractivity (Wildman–Crippen MR) is 209 cm³/mol. The fourth-order valence-corrected chi connectivity index (χ4v) is 7.15. The van der Waals surface area contributed by atoms with E-state index in [2.05, 4.69) is 40.2 Å². The number of fused-ring (bicyclic) bond motifs is 1. The minimum Gasteiger partial charge on any atom is -0.456 e. The molecule has 4 heterocycles. The van der Waals surface area contributed by atoms with Crippen LogP contribution in [0.15, 0.2) is 65.3 Å². The predicted octanol–water partition coefficient (Wildman–Crippen LogP) is 8.49. The standard InChI is InChI=1S/C42H53N7O5/c1-7-18-48(41(51)32(20-27(4)5)47-42(52)53-6)25-38-43-23-33(45-38)28-11-13-29(14-12-28)37-22-31-21-30(15-16-36(31)54-37)34-24-44-40(46-34)35-9-8-19-49(35)39(50)17-10-26(2)3/h11-16,21-24,26-27,32,35H,7-10,17-20,25H2,1-6H3,(H,43,45)(H,44,46)(H,47,52)/t32-,35-/m0/s1. The molecule has 1 saturated heterocycles. The number of furan rings is 1. The van der Waals surface area contributed by atoms with Crippen LogP contribution in [0.5, 0.6) is 0 Å². The number of benzene rings is 2. The summed E-state index contributed by atoms with van der Waals surface area (Å²) in [7, 11) is 1.29. The van der Waals surface area contributed by atoms with E-state index in [4.69, 9.17) is 14.1 Å². The molecule has 1 aliphatic heterocycles. The van der Waals surface area contributed by atoms with Crippen molar-refractivity contribution in [1.29, 1.82) is 0 Å². The van der Waals surface area contributed by atoms with Gasteiger partial charge in [0, 0.05) is 36.0 Å². The van der Waals surface area contributed by atoms with E-state index >= 15 is 0 Å². The maximum absolute atomic E-state index is 13.5. The number of aromatic nitrogens is 4. The van der Waals surface area contributed by atoms with Crippen molar-refractivity contribution >= 4 is 28.9 Å². The number of hydrogen-bond donors (Lipinski definition) is 3. The Balaban J connectivity index is 1.12. The molecule has 0 unspecified atom stereocenters. The van der Waals surface area contributed by atoms with Gasteiger partial charge < -0.3 is 34.2 Å². The van der Waals surface area contributed by atoms with Crippen molar-refractivity contribution in [3.05, 3.63) is 72.6 Å². The molecule has 3 N–H and O–H groups in total. The minimum atomic E-state index is -0.681. The van der Waals surface area contributed by atoms with E-state index in [0.29, 0.717) is 37.7 Å². The van der Waals surface area contributed by atoms with E-state index in [1.165, 1.54) is 7.11 Å². The summed E-state index contributed by atoms with van der Waals surface area (Å²) in [5.41, 5.74) is 5.43. The van der Waals surface area contributed by atoms with Gasteiger partial charge in [-0.05, 0) is 73.8 Å². The number of hydrogen-bond acceptors (Lipinski definition) is 7. The lowest BCUT2D eigenvalue weighted by Crippen LogP contribution is -2.49. The second-order valence-corrected chi connectivity index (χ2v) is 15.1. The Morgan fingerprint density at radius 1 is 0.963 bits per heavy atom. The summed E-state index contributed by atoms with van der Waals surface area (Å²) in [6.45, 7) is 11.9. The third-order valence-electron chi connectivity index (χ3n) is 9.98. The molecule has 0 aliphatic carbocycles. The van der Waals surface area contributed by atoms with Crippen molar-refractivity contribution in [2.45, 2.75) is 91.8 Å². The Morgan fingerprint density at radius 3 is 2.41 bits per heavy atom. The van der Waals surface area contributed by atoms with Crippen LogP contribution in [-0.2, 0) is 20.9 Å². The van der Waals surface area contributed by atoms with Crippen LogP contribution in [-0.4, -0.2) is 73.9 Å². The Labute approximate surface area is 317 Å². The molecule has 286 valence electrons. The summed E-state index contributed by atoms with van der Waals surface area (Å²) in [4.78, 5) is 58.4. The van der Waals surface area contributed by atoms with Gasteiger partial charge in [-0.25, -0.2) is 14.8 Å². The molecule has 3 aromatic heterocycles. The highest BCUT2D eigenvalue weighted by Gasteiger charge is 2.32. The number of imidazole rings is 2. The zero-order valence-electron chi connectivity index (χ0n) is 32.3. The van der Waals surface area contributed by atoms with Crippen molar-refractivity contribution < 1.29 is 23.5 Å². The number of ether oxygens (including phenoxy) is 1. The summed E-state index contributed by atoms with van der Waals surface area (Å²) in [6.07, 6.45) is 7.66. The van der Waals surface area contributed by atoms with Gasteiger partial charge in [0.2, 0.25) is 11.8 Å². The quantitative estimate of drug-likeness (QED) is 0.0976. The summed E-state index contributed by atoms with van der Waals surface area (Å²) in [5.74, 6) is 3.02. The second kappa shape index (κ2) is 17.2. The first kappa shape index (κ1) is 38.3. The highest BCUT2D eigenvalue weighted by Crippen LogP contribution is 2.35. The van der Waals surface area contributed by atoms with E-state index in [1.54, 1.807) is 11.1 Å². The molecule has 54 heavy (non-hydrogen) atoms. The number of rotatable bonds is 15. The SMILES string of the molecule is CCCN(Cc1ncc(-c2ccc(-c3cc4cc(-c5cnc([C@@H]6CCCN6C(=O)CCC(C)C)[nH]5)ccc4o3)cc2)[nH]1)C(=O)[C@H](CC(C)C)NC(=O)OC. The monoisotopic (exact) mass is 735 g/mol. The largest absolute Gasteiger partial charge is 0.456 e. The zero-order chi connectivity index (χ0) is 38.4. The Kier molecular flexibility index (Phi) is 12.2. The van der Waals surface area contributed by atoms with E-state index in [1.807, 2.05) is 74.3 Å². The third kappa shape index (κ3) is 9.03. The fraction of sp³-hybridized carbons (Fsp3) is 0.452. The maximum atomic E-state index is 13.5. The minimum absolute atomic E-state index is 0.0110. The van der Waals surface area contributed by atoms with Crippen LogP contribution < -0.4 is 5.32 Å². The summed E-state index contributed by atoms with van der Waals surface area (Å²) >= 11 is 0. The van der Waals surface area contributed by atoms with Crippen molar-refractivity contribution in [1.82, 2.24) is 35.1 Å². The van der Waals surface area contributed by atoms with Crippen LogP contribution in [0.4, 0.5) is 4.79 Å². The van der Waals surface area contributed by atoms with Gasteiger partial charge in [-0.15, -0.1) is 0 Å². The molecule has 0 bridgehead atoms. The van der Waals surface area contributed by atoms with Gasteiger partial charge in [0.05, 0.1) is 43.5 Å². The van der Waals surface area contributed by atoms with Crippen LogP contribution in [0.25, 0.3) is 44.8 Å². The molecular formula is C42H53N7O5. The lowest BCUT2D eigenvalue weighted by molar-refractivity contribution is -0.134. The van der Waals surface area contributed by atoms with Crippen molar-refractivity contribution in [2.75, 3.05) is 20.2 Å². The lowest BCUT2D eigenvalue weighted by Gasteiger charge is -2.27. The van der Waals surface area contributed by atoms with E-state index < -0.39 is 12.1 Å². The average molecular weight is 736 g/mol. The van der Waals surface area contributed by atoms with Crippen molar-refractivity contribution in [2.24, 2.45) is 11.8 Å². The summed E-state index contributed by atoms with van der Waals surface area (Å²) in [5, 5.41) is 3.69. The van der Waals surface area contributed by atoms with E-state index in [-0.39, 0.29) is 23.8 Å². The molecule has 5 aromatic rings. The lowest BCUT2D eigenvalue weighted by atomic mass is 10.0. The highest BCUT2D eigenvalue weighted by atomic mass is 16.5. The molecule has 12 nitrogen and oxygen atoms in total. The average Bonchev–Trinajstić information content (AvgIpc) is 3.99. The first-order valence-electron chi connectivity index (χ1n) is 19.2. The van der Waals surface area contributed by atoms with Crippen molar-refractivity contribution in [3.8, 4) is 33.8 Å².